The largest absolute Gasteiger partial charge is 0.399 e. The van der Waals surface area contributed by atoms with Crippen LogP contribution in [0.1, 0.15) is 42.4 Å². The second-order valence-electron chi connectivity index (χ2n) is 5.24. The number of aromatic nitrogens is 3. The van der Waals surface area contributed by atoms with Crippen molar-refractivity contribution in [2.45, 2.75) is 31.8 Å². The first-order valence-electron chi connectivity index (χ1n) is 6.63. The summed E-state index contributed by atoms with van der Waals surface area (Å²) in [6, 6.07) is 6.76. The molecule has 2 unspecified atom stereocenters. The predicted molar refractivity (Wildman–Crippen MR) is 74.5 cm³/mol. The molecule has 1 aromatic heterocycles. The smallest absolute Gasteiger partial charge is 0.149 e. The van der Waals surface area contributed by atoms with Gasteiger partial charge in [-0.1, -0.05) is 6.07 Å². The number of benzene rings is 1. The van der Waals surface area contributed by atoms with Crippen molar-refractivity contribution in [1.82, 2.24) is 20.1 Å². The molecule has 0 aliphatic heterocycles. The molecule has 1 aliphatic carbocycles. The van der Waals surface area contributed by atoms with Crippen molar-refractivity contribution in [2.75, 3.05) is 5.73 Å². The Morgan fingerprint density at radius 3 is 3.05 bits per heavy atom. The summed E-state index contributed by atoms with van der Waals surface area (Å²) in [4.78, 5) is 0. The van der Waals surface area contributed by atoms with Gasteiger partial charge in [-0.2, -0.15) is 0 Å². The van der Waals surface area contributed by atoms with Gasteiger partial charge >= 0.3 is 0 Å². The van der Waals surface area contributed by atoms with Gasteiger partial charge < -0.3 is 15.6 Å². The van der Waals surface area contributed by atoms with Crippen LogP contribution in [-0.2, 0) is 13.5 Å². The van der Waals surface area contributed by atoms with Gasteiger partial charge in [-0.3, -0.25) is 0 Å². The summed E-state index contributed by atoms with van der Waals surface area (Å²) in [5, 5.41) is 11.7. The van der Waals surface area contributed by atoms with Crippen molar-refractivity contribution < 1.29 is 0 Å². The van der Waals surface area contributed by atoms with Gasteiger partial charge in [0, 0.05) is 18.8 Å². The molecule has 5 nitrogen and oxygen atoms in total. The molecule has 19 heavy (non-hydrogen) atoms. The normalized spacial score (nSPS) is 19.4. The van der Waals surface area contributed by atoms with Crippen molar-refractivity contribution in [2.24, 2.45) is 7.05 Å². The summed E-state index contributed by atoms with van der Waals surface area (Å²) in [5.74, 6) is 0.962. The molecule has 3 N–H and O–H groups in total. The number of nitrogens with one attached hydrogen (secondary N) is 1. The molecule has 0 saturated heterocycles. The lowest BCUT2D eigenvalue weighted by molar-refractivity contribution is 0.442. The highest BCUT2D eigenvalue weighted by molar-refractivity contribution is 5.47. The number of nitrogens with zero attached hydrogens (tertiary/aromatic N) is 3. The molecular formula is C14H19N5. The highest BCUT2D eigenvalue weighted by Crippen LogP contribution is 2.33. The topological polar surface area (TPSA) is 68.8 Å². The van der Waals surface area contributed by atoms with Crippen LogP contribution in [0.25, 0.3) is 0 Å². The highest BCUT2D eigenvalue weighted by Gasteiger charge is 2.25. The minimum Gasteiger partial charge on any atom is -0.399 e. The zero-order chi connectivity index (χ0) is 13.4. The third-order valence-corrected chi connectivity index (χ3v) is 3.83. The van der Waals surface area contributed by atoms with E-state index in [1.165, 1.54) is 11.1 Å². The predicted octanol–water partition coefficient (Wildman–Crippen LogP) is 1.74. The summed E-state index contributed by atoms with van der Waals surface area (Å²) in [5.41, 5.74) is 9.41. The molecular weight excluding hydrogens is 238 g/mol. The van der Waals surface area contributed by atoms with E-state index in [1.807, 2.05) is 17.7 Å². The maximum atomic E-state index is 5.83. The van der Waals surface area contributed by atoms with Gasteiger partial charge in [-0.25, -0.2) is 0 Å². The summed E-state index contributed by atoms with van der Waals surface area (Å²) in [6.45, 7) is 2.12. The van der Waals surface area contributed by atoms with Gasteiger partial charge in [-0.15, -0.1) is 10.2 Å². The van der Waals surface area contributed by atoms with Gasteiger partial charge in [0.2, 0.25) is 0 Å². The average Bonchev–Trinajstić information content (AvgIpc) is 2.96. The minimum absolute atomic E-state index is 0.181. The van der Waals surface area contributed by atoms with Gasteiger partial charge in [-0.05, 0) is 43.0 Å². The van der Waals surface area contributed by atoms with Crippen LogP contribution in [0.2, 0.25) is 0 Å². The van der Waals surface area contributed by atoms with E-state index in [0.717, 1.165) is 24.4 Å². The fourth-order valence-corrected chi connectivity index (χ4v) is 2.87. The van der Waals surface area contributed by atoms with Crippen LogP contribution < -0.4 is 11.1 Å². The van der Waals surface area contributed by atoms with E-state index in [1.54, 1.807) is 6.33 Å². The second kappa shape index (κ2) is 4.66. The molecule has 1 heterocycles. The Morgan fingerprint density at radius 1 is 1.47 bits per heavy atom. The van der Waals surface area contributed by atoms with Crippen LogP contribution in [0.5, 0.6) is 0 Å². The van der Waals surface area contributed by atoms with Crippen molar-refractivity contribution >= 4 is 5.69 Å². The first kappa shape index (κ1) is 12.2. The Morgan fingerprint density at radius 2 is 2.32 bits per heavy atom. The number of fused-ring (bicyclic) bond motifs is 1. The van der Waals surface area contributed by atoms with Crippen LogP contribution in [0.4, 0.5) is 5.69 Å². The number of hydrogen-bond donors (Lipinski definition) is 2. The Labute approximate surface area is 112 Å². The van der Waals surface area contributed by atoms with Crippen molar-refractivity contribution in [3.63, 3.8) is 0 Å². The fraction of sp³-hybridized carbons (Fsp3) is 0.429. The Kier molecular flexibility index (Phi) is 2.98. The van der Waals surface area contributed by atoms with E-state index >= 15 is 0 Å². The van der Waals surface area contributed by atoms with Crippen LogP contribution >= 0.6 is 0 Å². The number of nitrogen functional groups attached to an aromatic ring is 1. The Balaban J connectivity index is 1.78. The number of anilines is 1. The van der Waals surface area contributed by atoms with Crippen molar-refractivity contribution in [3.05, 3.63) is 41.5 Å². The molecule has 1 aromatic carbocycles. The molecule has 0 radical (unpaired) electrons. The lowest BCUT2D eigenvalue weighted by atomic mass is 10.1. The van der Waals surface area contributed by atoms with Crippen LogP contribution in [0.3, 0.4) is 0 Å². The zero-order valence-corrected chi connectivity index (χ0v) is 11.3. The molecule has 0 fully saturated rings. The first-order valence-corrected chi connectivity index (χ1v) is 6.63. The van der Waals surface area contributed by atoms with Crippen LogP contribution in [0.15, 0.2) is 24.5 Å². The number of nitrogens with two attached hydrogens (primary N) is 1. The lowest BCUT2D eigenvalue weighted by Gasteiger charge is -2.19. The maximum Gasteiger partial charge on any atom is 0.149 e. The summed E-state index contributed by atoms with van der Waals surface area (Å²) < 4.78 is 1.95. The summed E-state index contributed by atoms with van der Waals surface area (Å²) in [7, 11) is 1.97. The van der Waals surface area contributed by atoms with Gasteiger partial charge in [0.05, 0.1) is 6.04 Å². The van der Waals surface area contributed by atoms with E-state index < -0.39 is 0 Å². The van der Waals surface area contributed by atoms with E-state index in [4.69, 9.17) is 5.73 Å². The SMILES string of the molecule is CC(NC1CCc2cc(N)ccc21)c1nncn1C. The van der Waals surface area contributed by atoms with Crippen molar-refractivity contribution in [1.29, 1.82) is 0 Å². The third kappa shape index (κ3) is 2.21. The highest BCUT2D eigenvalue weighted by atomic mass is 15.3. The zero-order valence-electron chi connectivity index (χ0n) is 11.3. The van der Waals surface area contributed by atoms with Crippen LogP contribution in [-0.4, -0.2) is 14.8 Å². The molecule has 1 aliphatic rings. The monoisotopic (exact) mass is 257 g/mol. The molecule has 2 atom stereocenters. The Hall–Kier alpha value is -1.88. The van der Waals surface area contributed by atoms with E-state index in [0.29, 0.717) is 6.04 Å². The van der Waals surface area contributed by atoms with E-state index in [-0.39, 0.29) is 6.04 Å². The average molecular weight is 257 g/mol. The molecule has 2 aromatic rings. The van der Waals surface area contributed by atoms with Gasteiger partial charge in [0.1, 0.15) is 12.2 Å². The molecule has 0 saturated carbocycles. The maximum absolute atomic E-state index is 5.83. The molecule has 0 bridgehead atoms. The summed E-state index contributed by atoms with van der Waals surface area (Å²) in [6.07, 6.45) is 3.93. The van der Waals surface area contributed by atoms with E-state index in [2.05, 4.69) is 34.6 Å². The fourth-order valence-electron chi connectivity index (χ4n) is 2.87. The van der Waals surface area contributed by atoms with Crippen LogP contribution in [0, 0.1) is 0 Å². The molecule has 3 rings (SSSR count). The van der Waals surface area contributed by atoms with E-state index in [9.17, 15) is 0 Å². The molecule has 100 valence electrons. The first-order chi connectivity index (χ1) is 9.15. The number of rotatable bonds is 3. The van der Waals surface area contributed by atoms with Crippen molar-refractivity contribution in [3.8, 4) is 0 Å². The second-order valence-corrected chi connectivity index (χ2v) is 5.24. The quantitative estimate of drug-likeness (QED) is 0.822. The molecule has 0 amide bonds. The van der Waals surface area contributed by atoms with Gasteiger partial charge in [0.25, 0.3) is 0 Å². The Bertz CT molecular complexity index is 589. The third-order valence-electron chi connectivity index (χ3n) is 3.83. The molecule has 0 spiro atoms. The summed E-state index contributed by atoms with van der Waals surface area (Å²) >= 11 is 0. The van der Waals surface area contributed by atoms with Gasteiger partial charge in [0.15, 0.2) is 0 Å². The number of hydrogen-bond acceptors (Lipinski definition) is 4. The minimum atomic E-state index is 0.181. The lowest BCUT2D eigenvalue weighted by Crippen LogP contribution is -2.25. The molecule has 5 heteroatoms. The standard InChI is InChI=1S/C14H19N5/c1-9(14-18-16-8-19(14)2)17-13-6-3-10-7-11(15)4-5-12(10)13/h4-5,7-9,13,17H,3,6,15H2,1-2H3. The number of aryl methyl sites for hydroxylation is 2.